The molecule has 1 rings (SSSR count). The summed E-state index contributed by atoms with van der Waals surface area (Å²) in [6.07, 6.45) is 3.35. The molecule has 0 fully saturated rings. The smallest absolute Gasteiger partial charge is 0.204 e. The molecule has 0 aliphatic rings. The predicted molar refractivity (Wildman–Crippen MR) is 45.9 cm³/mol. The molecule has 0 radical (unpaired) electrons. The number of hydrogen-bond donors (Lipinski definition) is 0. The van der Waals surface area contributed by atoms with Gasteiger partial charge in [-0.15, -0.1) is 0 Å². The van der Waals surface area contributed by atoms with Gasteiger partial charge in [-0.3, -0.25) is 0 Å². The lowest BCUT2D eigenvalue weighted by molar-refractivity contribution is 1.13. The molecule has 0 bridgehead atoms. The molecule has 2 heteroatoms. The van der Waals surface area contributed by atoms with Crippen LogP contribution in [0.15, 0.2) is 18.5 Å². The van der Waals surface area contributed by atoms with Crippen molar-refractivity contribution in [2.24, 2.45) is 0 Å². The van der Waals surface area contributed by atoms with Crippen LogP contribution in [0.1, 0.15) is 26.6 Å². The van der Waals surface area contributed by atoms with Gasteiger partial charge in [-0.1, -0.05) is 19.8 Å². The van der Waals surface area contributed by atoms with Crippen molar-refractivity contribution in [2.45, 2.75) is 20.8 Å². The van der Waals surface area contributed by atoms with Crippen LogP contribution in [-0.2, 0) is 0 Å². The van der Waals surface area contributed by atoms with Crippen molar-refractivity contribution in [3.63, 3.8) is 0 Å². The first kappa shape index (κ1) is 9.64. The van der Waals surface area contributed by atoms with E-state index in [1.807, 2.05) is 13.8 Å². The Morgan fingerprint density at radius 1 is 1.18 bits per heavy atom. The van der Waals surface area contributed by atoms with Gasteiger partial charge in [0.2, 0.25) is 5.82 Å². The minimum atomic E-state index is 0.583. The van der Waals surface area contributed by atoms with E-state index in [2.05, 4.69) is 21.8 Å². The first-order valence-electron chi connectivity index (χ1n) is 3.63. The van der Waals surface area contributed by atoms with Crippen LogP contribution in [-0.4, -0.2) is 9.97 Å². The molecule has 58 valence electrons. The summed E-state index contributed by atoms with van der Waals surface area (Å²) in [5, 5.41) is 0. The van der Waals surface area contributed by atoms with Gasteiger partial charge in [-0.2, -0.15) is 0 Å². The second-order valence-electron chi connectivity index (χ2n) is 1.45. The minimum Gasteiger partial charge on any atom is -0.229 e. The highest BCUT2D eigenvalue weighted by Gasteiger charge is 1.80. The summed E-state index contributed by atoms with van der Waals surface area (Å²) in [5.74, 6) is 6.03. The third kappa shape index (κ3) is 4.10. The maximum Gasteiger partial charge on any atom is 0.204 e. The lowest BCUT2D eigenvalue weighted by atomic mass is 10.5. The second kappa shape index (κ2) is 6.76. The van der Waals surface area contributed by atoms with Crippen LogP contribution in [0.25, 0.3) is 0 Å². The van der Waals surface area contributed by atoms with E-state index in [9.17, 15) is 0 Å². The summed E-state index contributed by atoms with van der Waals surface area (Å²) in [5.41, 5.74) is 0. The van der Waals surface area contributed by atoms with Crippen molar-refractivity contribution in [3.05, 3.63) is 24.3 Å². The number of hydrogen-bond acceptors (Lipinski definition) is 2. The molecule has 0 unspecified atom stereocenters. The zero-order valence-corrected chi connectivity index (χ0v) is 7.13. The van der Waals surface area contributed by atoms with Crippen molar-refractivity contribution in [1.82, 2.24) is 9.97 Å². The van der Waals surface area contributed by atoms with E-state index in [-0.39, 0.29) is 0 Å². The molecule has 0 spiro atoms. The Labute approximate surface area is 67.7 Å². The fourth-order valence-corrected chi connectivity index (χ4v) is 0.475. The summed E-state index contributed by atoms with van der Waals surface area (Å²) >= 11 is 0. The van der Waals surface area contributed by atoms with Crippen LogP contribution in [0.3, 0.4) is 0 Å². The van der Waals surface area contributed by atoms with Crippen molar-refractivity contribution in [1.29, 1.82) is 0 Å². The first-order chi connectivity index (χ1) is 5.43. The van der Waals surface area contributed by atoms with E-state index in [0.717, 1.165) is 0 Å². The summed E-state index contributed by atoms with van der Waals surface area (Å²) in [4.78, 5) is 7.77. The van der Waals surface area contributed by atoms with Crippen LogP contribution in [0.5, 0.6) is 0 Å². The molecular weight excluding hydrogens is 136 g/mol. The summed E-state index contributed by atoms with van der Waals surface area (Å²) < 4.78 is 0. The Morgan fingerprint density at radius 3 is 2.18 bits per heavy atom. The molecule has 0 aliphatic heterocycles. The number of nitrogens with zero attached hydrogens (tertiary/aromatic N) is 2. The predicted octanol–water partition coefficient (Wildman–Crippen LogP) is 1.87. The molecule has 0 aliphatic carbocycles. The Morgan fingerprint density at radius 2 is 1.73 bits per heavy atom. The van der Waals surface area contributed by atoms with Crippen LogP contribution < -0.4 is 0 Å². The second-order valence-corrected chi connectivity index (χ2v) is 1.45. The Kier molecular flexibility index (Phi) is 5.92. The third-order valence-corrected chi connectivity index (χ3v) is 0.803. The van der Waals surface area contributed by atoms with Crippen LogP contribution in [0.4, 0.5) is 0 Å². The van der Waals surface area contributed by atoms with Gasteiger partial charge < -0.3 is 0 Å². The lowest BCUT2D eigenvalue weighted by Gasteiger charge is -1.82. The fourth-order valence-electron chi connectivity index (χ4n) is 0.475. The van der Waals surface area contributed by atoms with Gasteiger partial charge >= 0.3 is 0 Å². The highest BCUT2D eigenvalue weighted by Crippen LogP contribution is 1.81. The molecule has 0 N–H and O–H groups in total. The SMILES string of the molecule is CC.CC#Cc1ncccn1. The Balaban J connectivity index is 0.000000461. The molecule has 0 saturated heterocycles. The number of rotatable bonds is 0. The molecule has 1 aromatic rings. The largest absolute Gasteiger partial charge is 0.229 e. The van der Waals surface area contributed by atoms with Gasteiger partial charge in [0, 0.05) is 12.4 Å². The molecule has 0 aromatic carbocycles. The van der Waals surface area contributed by atoms with Gasteiger partial charge in [0.05, 0.1) is 0 Å². The van der Waals surface area contributed by atoms with E-state index >= 15 is 0 Å². The van der Waals surface area contributed by atoms with Gasteiger partial charge in [0.25, 0.3) is 0 Å². The average Bonchev–Trinajstić information content (AvgIpc) is 2.11. The van der Waals surface area contributed by atoms with E-state index in [4.69, 9.17) is 0 Å². The Hall–Kier alpha value is -1.36. The van der Waals surface area contributed by atoms with Crippen LogP contribution in [0, 0.1) is 11.8 Å². The Bertz CT molecular complexity index is 231. The zero-order chi connectivity index (χ0) is 8.53. The maximum atomic E-state index is 3.88. The van der Waals surface area contributed by atoms with Crippen LogP contribution in [0.2, 0.25) is 0 Å². The molecular formula is C9H12N2. The molecule has 2 nitrogen and oxygen atoms in total. The quantitative estimate of drug-likeness (QED) is 0.525. The van der Waals surface area contributed by atoms with E-state index in [1.165, 1.54) is 0 Å². The standard InChI is InChI=1S/C7H6N2.C2H6/c1-2-4-7-8-5-3-6-9-7;1-2/h3,5-6H,1H3;1-2H3. The molecule has 0 atom stereocenters. The van der Waals surface area contributed by atoms with Crippen LogP contribution >= 0.6 is 0 Å². The average molecular weight is 148 g/mol. The van der Waals surface area contributed by atoms with Crippen molar-refractivity contribution in [2.75, 3.05) is 0 Å². The van der Waals surface area contributed by atoms with Crippen molar-refractivity contribution in [3.8, 4) is 11.8 Å². The number of aromatic nitrogens is 2. The summed E-state index contributed by atoms with van der Waals surface area (Å²) in [7, 11) is 0. The maximum absolute atomic E-state index is 3.88. The topological polar surface area (TPSA) is 25.8 Å². The first-order valence-corrected chi connectivity index (χ1v) is 3.63. The molecule has 1 aromatic heterocycles. The summed E-state index contributed by atoms with van der Waals surface area (Å²) in [6, 6.07) is 1.76. The normalized spacial score (nSPS) is 6.82. The van der Waals surface area contributed by atoms with Gasteiger partial charge in [-0.25, -0.2) is 9.97 Å². The van der Waals surface area contributed by atoms with E-state index in [1.54, 1.807) is 25.4 Å². The summed E-state index contributed by atoms with van der Waals surface area (Å²) in [6.45, 7) is 5.76. The molecule has 0 amide bonds. The van der Waals surface area contributed by atoms with Crippen molar-refractivity contribution >= 4 is 0 Å². The van der Waals surface area contributed by atoms with Crippen molar-refractivity contribution < 1.29 is 0 Å². The monoisotopic (exact) mass is 148 g/mol. The lowest BCUT2D eigenvalue weighted by Crippen LogP contribution is -1.83. The molecule has 11 heavy (non-hydrogen) atoms. The highest BCUT2D eigenvalue weighted by atomic mass is 14.8. The van der Waals surface area contributed by atoms with Gasteiger partial charge in [0.15, 0.2) is 0 Å². The minimum absolute atomic E-state index is 0.583. The van der Waals surface area contributed by atoms with Gasteiger partial charge in [0.1, 0.15) is 0 Å². The highest BCUT2D eigenvalue weighted by molar-refractivity contribution is 5.17. The van der Waals surface area contributed by atoms with Gasteiger partial charge in [-0.05, 0) is 18.9 Å². The fraction of sp³-hybridized carbons (Fsp3) is 0.333. The molecule has 0 saturated carbocycles. The van der Waals surface area contributed by atoms with E-state index in [0.29, 0.717) is 5.82 Å². The third-order valence-electron chi connectivity index (χ3n) is 0.803. The zero-order valence-electron chi connectivity index (χ0n) is 7.13. The van der Waals surface area contributed by atoms with E-state index < -0.39 is 0 Å². The molecule has 1 heterocycles.